The lowest BCUT2D eigenvalue weighted by atomic mass is 10.2. The second-order valence-electron chi connectivity index (χ2n) is 7.51. The van der Waals surface area contributed by atoms with Gasteiger partial charge in [0.05, 0.1) is 24.1 Å². The maximum absolute atomic E-state index is 13.0. The second-order valence-corrected chi connectivity index (χ2v) is 7.51. The van der Waals surface area contributed by atoms with Gasteiger partial charge in [-0.05, 0) is 32.0 Å². The molecule has 1 aromatic heterocycles. The van der Waals surface area contributed by atoms with Gasteiger partial charge in [-0.2, -0.15) is 0 Å². The molecule has 0 saturated carbocycles. The van der Waals surface area contributed by atoms with Gasteiger partial charge in [-0.3, -0.25) is 14.5 Å². The Bertz CT molecular complexity index is 899. The molecule has 2 fully saturated rings. The number of carbonyl (C=O) groups is 1. The Morgan fingerprint density at radius 2 is 2.21 bits per heavy atom. The molecule has 8 nitrogen and oxygen atoms in total. The number of para-hydroxylation sites is 1. The van der Waals surface area contributed by atoms with Crippen LogP contribution in [0.1, 0.15) is 18.7 Å². The van der Waals surface area contributed by atoms with Crippen molar-refractivity contribution in [3.63, 3.8) is 0 Å². The molecule has 2 aliphatic rings. The fourth-order valence-corrected chi connectivity index (χ4v) is 4.18. The Hall–Kier alpha value is -2.29. The minimum atomic E-state index is -0.460. The Kier molecular flexibility index (Phi) is 5.70. The molecule has 3 heterocycles. The van der Waals surface area contributed by atoms with Gasteiger partial charge in [-0.25, -0.2) is 4.98 Å². The summed E-state index contributed by atoms with van der Waals surface area (Å²) in [4.78, 5) is 36.8. The van der Waals surface area contributed by atoms with Crippen molar-refractivity contribution in [2.75, 3.05) is 39.8 Å². The summed E-state index contributed by atoms with van der Waals surface area (Å²) in [5, 5.41) is 3.76. The number of aromatic amines is 1. The van der Waals surface area contributed by atoms with E-state index >= 15 is 0 Å². The van der Waals surface area contributed by atoms with Crippen molar-refractivity contribution in [2.45, 2.75) is 31.5 Å². The van der Waals surface area contributed by atoms with E-state index in [1.165, 1.54) is 0 Å². The molecule has 0 unspecified atom stereocenters. The lowest BCUT2D eigenvalue weighted by Crippen LogP contribution is -2.53. The van der Waals surface area contributed by atoms with Crippen LogP contribution in [0.2, 0.25) is 0 Å². The van der Waals surface area contributed by atoms with Crippen molar-refractivity contribution < 1.29 is 9.53 Å². The average molecular weight is 385 g/mol. The monoisotopic (exact) mass is 385 g/mol. The lowest BCUT2D eigenvalue weighted by Gasteiger charge is -2.35. The maximum atomic E-state index is 13.0. The fourth-order valence-electron chi connectivity index (χ4n) is 4.18. The number of nitrogens with zero attached hydrogens (tertiary/aromatic N) is 3. The van der Waals surface area contributed by atoms with Gasteiger partial charge in [0, 0.05) is 32.2 Å². The molecule has 0 spiro atoms. The molecular weight excluding hydrogens is 358 g/mol. The van der Waals surface area contributed by atoms with Gasteiger partial charge >= 0.3 is 0 Å². The summed E-state index contributed by atoms with van der Waals surface area (Å²) in [7, 11) is 1.91. The third-order valence-electron chi connectivity index (χ3n) is 5.56. The first-order chi connectivity index (χ1) is 13.7. The van der Waals surface area contributed by atoms with E-state index in [4.69, 9.17) is 4.74 Å². The van der Waals surface area contributed by atoms with E-state index in [2.05, 4.69) is 20.2 Å². The van der Waals surface area contributed by atoms with Crippen LogP contribution in [0.3, 0.4) is 0 Å². The number of likely N-dealkylation sites (N-methyl/N-ethyl adjacent to an activating group) is 1. The van der Waals surface area contributed by atoms with E-state index in [-0.39, 0.29) is 17.5 Å². The van der Waals surface area contributed by atoms with Crippen LogP contribution in [0.4, 0.5) is 0 Å². The number of rotatable bonds is 5. The first-order valence-electron chi connectivity index (χ1n) is 9.92. The van der Waals surface area contributed by atoms with E-state index < -0.39 is 6.10 Å². The summed E-state index contributed by atoms with van der Waals surface area (Å²) in [6.45, 7) is 3.82. The highest BCUT2D eigenvalue weighted by Crippen LogP contribution is 2.20. The van der Waals surface area contributed by atoms with Crippen LogP contribution in [-0.4, -0.2) is 77.7 Å². The number of fused-ring (bicyclic) bond motifs is 1. The highest BCUT2D eigenvalue weighted by molar-refractivity contribution is 5.82. The topological polar surface area (TPSA) is 90.6 Å². The van der Waals surface area contributed by atoms with Gasteiger partial charge in [0.15, 0.2) is 0 Å². The van der Waals surface area contributed by atoms with Crippen molar-refractivity contribution in [1.29, 1.82) is 0 Å². The maximum Gasteiger partial charge on any atom is 0.258 e. The zero-order chi connectivity index (χ0) is 19.5. The number of H-pyrrole nitrogens is 1. The predicted molar refractivity (Wildman–Crippen MR) is 106 cm³/mol. The van der Waals surface area contributed by atoms with Crippen molar-refractivity contribution in [1.82, 2.24) is 25.1 Å². The number of carbonyl (C=O) groups excluding carboxylic acids is 1. The summed E-state index contributed by atoms with van der Waals surface area (Å²) in [5.41, 5.74) is 0.558. The number of amides is 1. The normalized spacial score (nSPS) is 23.4. The molecule has 1 amide bonds. The summed E-state index contributed by atoms with van der Waals surface area (Å²) in [6.07, 6.45) is 1.61. The molecule has 4 rings (SSSR count). The first kappa shape index (κ1) is 19.0. The van der Waals surface area contributed by atoms with E-state index in [1.807, 2.05) is 30.1 Å². The third kappa shape index (κ3) is 3.94. The van der Waals surface area contributed by atoms with Gasteiger partial charge in [0.2, 0.25) is 0 Å². The molecule has 2 N–H and O–H groups in total. The number of likely N-dealkylation sites (tertiary alicyclic amines) is 1. The standard InChI is InChI=1S/C20H27N5O3/c1-21-11-14-5-4-8-25(14)20(27)17-12-24(9-10-28-17)13-18-22-16-7-3-2-6-15(16)19(26)23-18/h2-3,6-7,14,17,21H,4-5,8-13H2,1H3,(H,22,23,26)/t14-,17+/m1/s1. The summed E-state index contributed by atoms with van der Waals surface area (Å²) in [6, 6.07) is 7.56. The molecule has 1 aromatic carbocycles. The largest absolute Gasteiger partial charge is 0.366 e. The van der Waals surface area contributed by atoms with Crippen molar-refractivity contribution in [3.8, 4) is 0 Å². The zero-order valence-electron chi connectivity index (χ0n) is 16.2. The number of hydrogen-bond donors (Lipinski definition) is 2. The van der Waals surface area contributed by atoms with Gasteiger partial charge in [0.1, 0.15) is 11.9 Å². The third-order valence-corrected chi connectivity index (χ3v) is 5.56. The lowest BCUT2D eigenvalue weighted by molar-refractivity contribution is -0.150. The fraction of sp³-hybridized carbons (Fsp3) is 0.550. The summed E-state index contributed by atoms with van der Waals surface area (Å²) < 4.78 is 5.79. The van der Waals surface area contributed by atoms with Crippen LogP contribution in [0.5, 0.6) is 0 Å². The number of hydrogen-bond acceptors (Lipinski definition) is 6. The zero-order valence-corrected chi connectivity index (χ0v) is 16.2. The number of aromatic nitrogens is 2. The Morgan fingerprint density at radius 1 is 1.36 bits per heavy atom. The van der Waals surface area contributed by atoms with Crippen LogP contribution >= 0.6 is 0 Å². The van der Waals surface area contributed by atoms with Crippen molar-refractivity contribution >= 4 is 16.8 Å². The molecule has 150 valence electrons. The number of benzene rings is 1. The molecule has 2 aromatic rings. The summed E-state index contributed by atoms with van der Waals surface area (Å²) >= 11 is 0. The SMILES string of the molecule is CNC[C@H]1CCCN1C(=O)[C@@H]1CN(Cc2nc3ccccc3c(=O)[nH]2)CCO1. The number of nitrogens with one attached hydrogen (secondary N) is 2. The number of ether oxygens (including phenoxy) is 1. The molecule has 2 aliphatic heterocycles. The van der Waals surface area contributed by atoms with Crippen LogP contribution in [0.25, 0.3) is 10.9 Å². The molecule has 2 saturated heterocycles. The summed E-state index contributed by atoms with van der Waals surface area (Å²) in [5.74, 6) is 0.688. The number of morpholine rings is 1. The Balaban J connectivity index is 1.44. The van der Waals surface area contributed by atoms with Crippen LogP contribution < -0.4 is 10.9 Å². The van der Waals surface area contributed by atoms with E-state index in [0.29, 0.717) is 43.0 Å². The molecule has 28 heavy (non-hydrogen) atoms. The van der Waals surface area contributed by atoms with Gasteiger partial charge in [0.25, 0.3) is 11.5 Å². The van der Waals surface area contributed by atoms with Gasteiger partial charge < -0.3 is 19.9 Å². The quantitative estimate of drug-likeness (QED) is 0.771. The highest BCUT2D eigenvalue weighted by Gasteiger charge is 2.35. The van der Waals surface area contributed by atoms with E-state index in [0.717, 1.165) is 25.9 Å². The first-order valence-corrected chi connectivity index (χ1v) is 9.92. The van der Waals surface area contributed by atoms with Crippen LogP contribution in [0.15, 0.2) is 29.1 Å². The molecular formula is C20H27N5O3. The Labute approximate surface area is 163 Å². The molecule has 2 atom stereocenters. The van der Waals surface area contributed by atoms with Crippen molar-refractivity contribution in [3.05, 3.63) is 40.4 Å². The average Bonchev–Trinajstić information content (AvgIpc) is 3.16. The van der Waals surface area contributed by atoms with Crippen LogP contribution in [-0.2, 0) is 16.1 Å². The van der Waals surface area contributed by atoms with E-state index in [1.54, 1.807) is 6.07 Å². The molecule has 0 aliphatic carbocycles. The molecule has 8 heteroatoms. The van der Waals surface area contributed by atoms with Crippen LogP contribution in [0, 0.1) is 0 Å². The predicted octanol–water partition coefficient (Wildman–Crippen LogP) is 0.334. The van der Waals surface area contributed by atoms with Gasteiger partial charge in [-0.1, -0.05) is 12.1 Å². The molecule has 0 bridgehead atoms. The minimum absolute atomic E-state index is 0.0717. The Morgan fingerprint density at radius 3 is 3.07 bits per heavy atom. The second kappa shape index (κ2) is 8.38. The smallest absolute Gasteiger partial charge is 0.258 e. The highest BCUT2D eigenvalue weighted by atomic mass is 16.5. The molecule has 0 radical (unpaired) electrons. The van der Waals surface area contributed by atoms with E-state index in [9.17, 15) is 9.59 Å². The minimum Gasteiger partial charge on any atom is -0.366 e. The van der Waals surface area contributed by atoms with Gasteiger partial charge in [-0.15, -0.1) is 0 Å². The van der Waals surface area contributed by atoms with Crippen molar-refractivity contribution in [2.24, 2.45) is 0 Å².